The van der Waals surface area contributed by atoms with Crippen molar-refractivity contribution in [3.63, 3.8) is 0 Å². The fraction of sp³-hybridized carbons (Fsp3) is 0.458. The molecule has 2 saturated heterocycles. The van der Waals surface area contributed by atoms with Crippen molar-refractivity contribution in [3.05, 3.63) is 47.8 Å². The van der Waals surface area contributed by atoms with Crippen molar-refractivity contribution in [1.29, 1.82) is 0 Å². The van der Waals surface area contributed by atoms with Crippen LogP contribution in [0.5, 0.6) is 0 Å². The molecule has 0 atom stereocenters. The average molecular weight is 465 g/mol. The summed E-state index contributed by atoms with van der Waals surface area (Å²) in [5.74, 6) is 1.27. The number of benzene rings is 1. The Kier molecular flexibility index (Phi) is 6.39. The van der Waals surface area contributed by atoms with Crippen molar-refractivity contribution in [2.45, 2.75) is 12.8 Å². The van der Waals surface area contributed by atoms with E-state index in [-0.39, 0.29) is 24.3 Å². The van der Waals surface area contributed by atoms with Gasteiger partial charge in [-0.15, -0.1) is 0 Å². The van der Waals surface area contributed by atoms with E-state index in [0.717, 1.165) is 24.7 Å². The Bertz CT molecular complexity index is 1040. The maximum Gasteiger partial charge on any atom is 0.261 e. The fourth-order valence-electron chi connectivity index (χ4n) is 4.65. The molecule has 10 nitrogen and oxygen atoms in total. The highest BCUT2D eigenvalue weighted by Gasteiger charge is 2.34. The Labute approximate surface area is 198 Å². The van der Waals surface area contributed by atoms with Crippen molar-refractivity contribution in [3.8, 4) is 0 Å². The van der Waals surface area contributed by atoms with Crippen LogP contribution in [0.3, 0.4) is 0 Å². The second kappa shape index (κ2) is 9.76. The van der Waals surface area contributed by atoms with Crippen LogP contribution in [-0.2, 0) is 9.53 Å². The smallest absolute Gasteiger partial charge is 0.261 e. The third kappa shape index (κ3) is 4.45. The van der Waals surface area contributed by atoms with E-state index in [0.29, 0.717) is 63.4 Å². The topological polar surface area (TPSA) is 99.2 Å². The maximum atomic E-state index is 12.7. The molecule has 10 heteroatoms. The molecule has 3 aliphatic heterocycles. The van der Waals surface area contributed by atoms with Gasteiger partial charge in [-0.25, -0.2) is 9.97 Å². The highest BCUT2D eigenvalue weighted by atomic mass is 16.5. The second-order valence-corrected chi connectivity index (χ2v) is 8.61. The number of anilines is 2. The van der Waals surface area contributed by atoms with Gasteiger partial charge in [0, 0.05) is 58.3 Å². The lowest BCUT2D eigenvalue weighted by Gasteiger charge is -2.36. The molecule has 0 N–H and O–H groups in total. The molecule has 0 radical (unpaired) electrons. The summed E-state index contributed by atoms with van der Waals surface area (Å²) in [4.78, 5) is 54.0. The number of ether oxygens (including phenoxy) is 1. The van der Waals surface area contributed by atoms with Crippen molar-refractivity contribution in [1.82, 2.24) is 19.8 Å². The van der Waals surface area contributed by atoms with E-state index in [1.165, 1.54) is 4.90 Å². The standard InChI is InChI=1S/C24H28N6O4/c31-22(6-3-7-30-23(32)18-4-1-2-5-19(18)24(30)33)29-10-8-27(9-11-29)20-16-21(26-17-25-20)28-12-14-34-15-13-28/h1-2,4-5,16-17H,3,6-15H2. The molecule has 5 rings (SSSR count). The quantitative estimate of drug-likeness (QED) is 0.585. The molecule has 1 aromatic heterocycles. The van der Waals surface area contributed by atoms with Crippen LogP contribution in [0.4, 0.5) is 11.6 Å². The number of carbonyl (C=O) groups is 3. The number of carbonyl (C=O) groups excluding carboxylic acids is 3. The number of nitrogens with zero attached hydrogens (tertiary/aromatic N) is 6. The highest BCUT2D eigenvalue weighted by molar-refractivity contribution is 6.21. The summed E-state index contributed by atoms with van der Waals surface area (Å²) in [6.07, 6.45) is 2.36. The molecule has 3 amide bonds. The first-order valence-electron chi connectivity index (χ1n) is 11.7. The Balaban J connectivity index is 1.09. The van der Waals surface area contributed by atoms with Gasteiger partial charge in [-0.3, -0.25) is 19.3 Å². The van der Waals surface area contributed by atoms with Crippen molar-refractivity contribution in [2.75, 3.05) is 68.8 Å². The molecular formula is C24H28N6O4. The number of morpholine rings is 1. The summed E-state index contributed by atoms with van der Waals surface area (Å²) >= 11 is 0. The van der Waals surface area contributed by atoms with E-state index >= 15 is 0 Å². The van der Waals surface area contributed by atoms with Gasteiger partial charge < -0.3 is 19.4 Å². The Morgan fingerprint density at radius 2 is 1.44 bits per heavy atom. The van der Waals surface area contributed by atoms with Gasteiger partial charge >= 0.3 is 0 Å². The van der Waals surface area contributed by atoms with E-state index in [9.17, 15) is 14.4 Å². The zero-order chi connectivity index (χ0) is 23.5. The number of imide groups is 1. The van der Waals surface area contributed by atoms with Gasteiger partial charge in [0.15, 0.2) is 0 Å². The predicted octanol–water partition coefficient (Wildman–Crippen LogP) is 1.04. The molecule has 0 bridgehead atoms. The molecule has 178 valence electrons. The molecule has 4 heterocycles. The van der Waals surface area contributed by atoms with E-state index in [4.69, 9.17) is 4.74 Å². The van der Waals surface area contributed by atoms with Gasteiger partial charge in [-0.2, -0.15) is 0 Å². The van der Waals surface area contributed by atoms with Gasteiger partial charge in [0.05, 0.1) is 24.3 Å². The number of fused-ring (bicyclic) bond motifs is 1. The van der Waals surface area contributed by atoms with Crippen LogP contribution in [0, 0.1) is 0 Å². The summed E-state index contributed by atoms with van der Waals surface area (Å²) < 4.78 is 5.42. The number of aromatic nitrogens is 2. The lowest BCUT2D eigenvalue weighted by atomic mass is 10.1. The van der Waals surface area contributed by atoms with Gasteiger partial charge in [0.2, 0.25) is 5.91 Å². The van der Waals surface area contributed by atoms with Crippen molar-refractivity contribution in [2.24, 2.45) is 0 Å². The average Bonchev–Trinajstić information content (AvgIpc) is 3.14. The molecule has 0 spiro atoms. The first kappa shape index (κ1) is 22.3. The number of rotatable bonds is 6. The molecule has 1 aromatic carbocycles. The summed E-state index contributed by atoms with van der Waals surface area (Å²) in [5.41, 5.74) is 0.882. The monoisotopic (exact) mass is 464 g/mol. The molecule has 0 saturated carbocycles. The number of piperazine rings is 1. The number of hydrogen-bond acceptors (Lipinski definition) is 8. The van der Waals surface area contributed by atoms with E-state index in [1.807, 2.05) is 11.0 Å². The molecular weight excluding hydrogens is 436 g/mol. The number of hydrogen-bond donors (Lipinski definition) is 0. The van der Waals surface area contributed by atoms with Crippen LogP contribution >= 0.6 is 0 Å². The molecule has 2 aromatic rings. The summed E-state index contributed by atoms with van der Waals surface area (Å²) in [7, 11) is 0. The molecule has 0 aliphatic carbocycles. The predicted molar refractivity (Wildman–Crippen MR) is 125 cm³/mol. The second-order valence-electron chi connectivity index (χ2n) is 8.61. The van der Waals surface area contributed by atoms with Gasteiger partial charge in [0.1, 0.15) is 18.0 Å². The van der Waals surface area contributed by atoms with Crippen LogP contribution in [0.15, 0.2) is 36.7 Å². The first-order chi connectivity index (χ1) is 16.6. The Morgan fingerprint density at radius 1 is 0.853 bits per heavy atom. The Hall–Kier alpha value is -3.53. The lowest BCUT2D eigenvalue weighted by molar-refractivity contribution is -0.131. The van der Waals surface area contributed by atoms with Gasteiger partial charge in [0.25, 0.3) is 11.8 Å². The minimum Gasteiger partial charge on any atom is -0.378 e. The van der Waals surface area contributed by atoms with Crippen LogP contribution in [0.25, 0.3) is 0 Å². The van der Waals surface area contributed by atoms with Crippen LogP contribution in [0.1, 0.15) is 33.6 Å². The van der Waals surface area contributed by atoms with E-state index in [2.05, 4.69) is 19.8 Å². The molecule has 3 aliphatic rings. The van der Waals surface area contributed by atoms with Crippen LogP contribution in [0.2, 0.25) is 0 Å². The van der Waals surface area contributed by atoms with Gasteiger partial charge in [-0.05, 0) is 18.6 Å². The zero-order valence-electron chi connectivity index (χ0n) is 19.1. The normalized spacial score (nSPS) is 18.5. The SMILES string of the molecule is O=C(CCCN1C(=O)c2ccccc2C1=O)N1CCN(c2cc(N3CCOCC3)ncn2)CC1. The third-order valence-electron chi connectivity index (χ3n) is 6.58. The lowest BCUT2D eigenvalue weighted by Crippen LogP contribution is -2.49. The molecule has 34 heavy (non-hydrogen) atoms. The summed E-state index contributed by atoms with van der Waals surface area (Å²) in [6, 6.07) is 8.84. The maximum absolute atomic E-state index is 12.7. The third-order valence-corrected chi connectivity index (χ3v) is 6.58. The molecule has 2 fully saturated rings. The minimum absolute atomic E-state index is 0.0490. The van der Waals surface area contributed by atoms with Crippen molar-refractivity contribution < 1.29 is 19.1 Å². The van der Waals surface area contributed by atoms with E-state index in [1.54, 1.807) is 30.6 Å². The molecule has 0 unspecified atom stereocenters. The van der Waals surface area contributed by atoms with Crippen LogP contribution < -0.4 is 9.80 Å². The summed E-state index contributed by atoms with van der Waals surface area (Å²) in [5, 5.41) is 0. The highest BCUT2D eigenvalue weighted by Crippen LogP contribution is 2.23. The first-order valence-corrected chi connectivity index (χ1v) is 11.7. The Morgan fingerprint density at radius 3 is 2.06 bits per heavy atom. The number of amides is 3. The summed E-state index contributed by atoms with van der Waals surface area (Å²) in [6.45, 7) is 5.92. The van der Waals surface area contributed by atoms with E-state index < -0.39 is 0 Å². The van der Waals surface area contributed by atoms with Crippen LogP contribution in [-0.4, -0.2) is 96.5 Å². The fourth-order valence-corrected chi connectivity index (χ4v) is 4.65. The van der Waals surface area contributed by atoms with Crippen molar-refractivity contribution >= 4 is 29.4 Å². The van der Waals surface area contributed by atoms with Gasteiger partial charge in [-0.1, -0.05) is 12.1 Å². The zero-order valence-corrected chi connectivity index (χ0v) is 19.1. The largest absolute Gasteiger partial charge is 0.378 e. The minimum atomic E-state index is -0.275.